The Morgan fingerprint density at radius 3 is 2.68 bits per heavy atom. The van der Waals surface area contributed by atoms with Crippen molar-refractivity contribution in [1.82, 2.24) is 4.98 Å². The number of aromatic nitrogens is 1. The van der Waals surface area contributed by atoms with Gasteiger partial charge in [-0.15, -0.1) is 0 Å². The van der Waals surface area contributed by atoms with E-state index >= 15 is 0 Å². The number of hydrogen-bond donors (Lipinski definition) is 1. The Balaban J connectivity index is 1.83. The molecule has 128 valence electrons. The van der Waals surface area contributed by atoms with Gasteiger partial charge in [-0.25, -0.2) is 14.2 Å². The summed E-state index contributed by atoms with van der Waals surface area (Å²) < 4.78 is 19.5. The number of fused-ring (bicyclic) bond motifs is 1. The van der Waals surface area contributed by atoms with E-state index in [-0.39, 0.29) is 11.7 Å². The van der Waals surface area contributed by atoms with Crippen molar-refractivity contribution in [3.05, 3.63) is 59.4 Å². The smallest absolute Gasteiger partial charge is 0.338 e. The maximum atomic E-state index is 13.7. The number of nitrogens with one attached hydrogen (secondary N) is 1. The van der Waals surface area contributed by atoms with Gasteiger partial charge in [0.2, 0.25) is 0 Å². The van der Waals surface area contributed by atoms with Crippen molar-refractivity contribution < 1.29 is 18.7 Å². The van der Waals surface area contributed by atoms with Crippen LogP contribution in [0.25, 0.3) is 10.2 Å². The van der Waals surface area contributed by atoms with E-state index in [9.17, 15) is 14.0 Å². The number of carbonyl (C=O) groups is 2. The Kier molecular flexibility index (Phi) is 4.76. The lowest BCUT2D eigenvalue weighted by Crippen LogP contribution is -2.13. The van der Waals surface area contributed by atoms with Gasteiger partial charge < -0.3 is 4.74 Å². The van der Waals surface area contributed by atoms with E-state index < -0.39 is 17.7 Å². The summed E-state index contributed by atoms with van der Waals surface area (Å²) in [6.07, 6.45) is -0.208. The molecule has 0 aliphatic heterocycles. The van der Waals surface area contributed by atoms with Gasteiger partial charge >= 0.3 is 5.97 Å². The molecule has 0 saturated carbocycles. The predicted octanol–water partition coefficient (Wildman–Crippen LogP) is 4.25. The first-order chi connectivity index (χ1) is 11.9. The summed E-state index contributed by atoms with van der Waals surface area (Å²) >= 11 is 1.20. The molecule has 5 nitrogen and oxygen atoms in total. The van der Waals surface area contributed by atoms with Crippen LogP contribution in [0.2, 0.25) is 0 Å². The number of benzene rings is 2. The molecule has 0 spiro atoms. The lowest BCUT2D eigenvalue weighted by molar-refractivity contribution is 0.0378. The number of carbonyl (C=O) groups excluding carboxylic acids is 2. The summed E-state index contributed by atoms with van der Waals surface area (Å²) in [5.41, 5.74) is 0.995. The predicted molar refractivity (Wildman–Crippen MR) is 94.5 cm³/mol. The molecule has 7 heteroatoms. The largest absolute Gasteiger partial charge is 0.459 e. The SMILES string of the molecule is CC(C)OC(=O)c1ccc2nc(NC(=O)c3ccccc3F)sc2c1. The zero-order valence-electron chi connectivity index (χ0n) is 13.6. The van der Waals surface area contributed by atoms with Crippen molar-refractivity contribution in [3.63, 3.8) is 0 Å². The zero-order chi connectivity index (χ0) is 18.0. The van der Waals surface area contributed by atoms with Crippen molar-refractivity contribution >= 4 is 38.6 Å². The number of amides is 1. The number of esters is 1. The first-order valence-corrected chi connectivity index (χ1v) is 8.43. The molecule has 2 aromatic carbocycles. The lowest BCUT2D eigenvalue weighted by Gasteiger charge is -2.07. The fourth-order valence-corrected chi connectivity index (χ4v) is 3.10. The Hall–Kier alpha value is -2.80. The normalized spacial score (nSPS) is 10.9. The number of halogens is 1. The maximum Gasteiger partial charge on any atom is 0.338 e. The van der Waals surface area contributed by atoms with Crippen LogP contribution in [-0.2, 0) is 4.74 Å². The van der Waals surface area contributed by atoms with Crippen molar-refractivity contribution in [2.45, 2.75) is 20.0 Å². The summed E-state index contributed by atoms with van der Waals surface area (Å²) in [6, 6.07) is 10.7. The van der Waals surface area contributed by atoms with E-state index in [1.54, 1.807) is 38.1 Å². The van der Waals surface area contributed by atoms with Crippen LogP contribution in [0.1, 0.15) is 34.6 Å². The van der Waals surface area contributed by atoms with Gasteiger partial charge in [0.1, 0.15) is 5.82 Å². The second kappa shape index (κ2) is 6.98. The number of ether oxygens (including phenoxy) is 1. The van der Waals surface area contributed by atoms with Crippen LogP contribution in [-0.4, -0.2) is 23.0 Å². The molecule has 0 unspecified atom stereocenters. The molecule has 1 heterocycles. The van der Waals surface area contributed by atoms with Crippen LogP contribution >= 0.6 is 11.3 Å². The van der Waals surface area contributed by atoms with E-state index in [0.717, 1.165) is 4.70 Å². The van der Waals surface area contributed by atoms with Gasteiger partial charge in [0, 0.05) is 0 Å². The minimum Gasteiger partial charge on any atom is -0.459 e. The Morgan fingerprint density at radius 1 is 1.20 bits per heavy atom. The van der Waals surface area contributed by atoms with E-state index in [1.807, 2.05) is 0 Å². The van der Waals surface area contributed by atoms with Gasteiger partial charge in [0.25, 0.3) is 5.91 Å². The molecule has 0 fully saturated rings. The molecule has 1 aromatic heterocycles. The molecule has 1 N–H and O–H groups in total. The second-order valence-electron chi connectivity index (χ2n) is 5.59. The highest BCUT2D eigenvalue weighted by atomic mass is 32.1. The molecule has 0 bridgehead atoms. The summed E-state index contributed by atoms with van der Waals surface area (Å²) in [5, 5.41) is 2.91. The molecular formula is C18H15FN2O3S. The highest BCUT2D eigenvalue weighted by Crippen LogP contribution is 2.27. The average molecular weight is 358 g/mol. The molecule has 0 atom stereocenters. The van der Waals surface area contributed by atoms with E-state index in [1.165, 1.54) is 29.5 Å². The molecule has 0 aliphatic carbocycles. The van der Waals surface area contributed by atoms with E-state index in [2.05, 4.69) is 10.3 Å². The van der Waals surface area contributed by atoms with Crippen LogP contribution in [0.4, 0.5) is 9.52 Å². The Labute approximate surface area is 147 Å². The number of nitrogens with zero attached hydrogens (tertiary/aromatic N) is 1. The van der Waals surface area contributed by atoms with Crippen molar-refractivity contribution in [1.29, 1.82) is 0 Å². The lowest BCUT2D eigenvalue weighted by atomic mass is 10.2. The van der Waals surface area contributed by atoms with Crippen molar-refractivity contribution in [3.8, 4) is 0 Å². The number of hydrogen-bond acceptors (Lipinski definition) is 5. The van der Waals surface area contributed by atoms with Gasteiger partial charge in [0.15, 0.2) is 5.13 Å². The summed E-state index contributed by atoms with van der Waals surface area (Å²) in [5.74, 6) is -1.58. The molecule has 1 amide bonds. The highest BCUT2D eigenvalue weighted by Gasteiger charge is 2.15. The fourth-order valence-electron chi connectivity index (χ4n) is 2.20. The average Bonchev–Trinajstić information content (AvgIpc) is 2.95. The minimum atomic E-state index is -0.597. The van der Waals surface area contributed by atoms with Crippen LogP contribution in [0.5, 0.6) is 0 Å². The highest BCUT2D eigenvalue weighted by molar-refractivity contribution is 7.22. The van der Waals surface area contributed by atoms with Crippen LogP contribution in [0, 0.1) is 5.82 Å². The summed E-state index contributed by atoms with van der Waals surface area (Å²) in [4.78, 5) is 28.4. The number of thiazole rings is 1. The van der Waals surface area contributed by atoms with Gasteiger partial charge in [0.05, 0.1) is 27.4 Å². The fraction of sp³-hybridized carbons (Fsp3) is 0.167. The Morgan fingerprint density at radius 2 is 1.96 bits per heavy atom. The van der Waals surface area contributed by atoms with Crippen molar-refractivity contribution in [2.24, 2.45) is 0 Å². The molecule has 0 saturated heterocycles. The molecule has 0 aliphatic rings. The van der Waals surface area contributed by atoms with E-state index in [0.29, 0.717) is 16.2 Å². The van der Waals surface area contributed by atoms with Gasteiger partial charge in [-0.3, -0.25) is 10.1 Å². The quantitative estimate of drug-likeness (QED) is 0.708. The number of anilines is 1. The topological polar surface area (TPSA) is 68.3 Å². The van der Waals surface area contributed by atoms with Gasteiger partial charge in [-0.1, -0.05) is 23.5 Å². The molecule has 25 heavy (non-hydrogen) atoms. The summed E-state index contributed by atoms with van der Waals surface area (Å²) in [7, 11) is 0. The standard InChI is InChI=1S/C18H15FN2O3S/c1-10(2)24-17(23)11-7-8-14-15(9-11)25-18(20-14)21-16(22)12-5-3-4-6-13(12)19/h3-10H,1-2H3,(H,20,21,22). The van der Waals surface area contributed by atoms with Crippen molar-refractivity contribution in [2.75, 3.05) is 5.32 Å². The molecule has 3 aromatic rings. The molecule has 3 rings (SSSR count). The van der Waals surface area contributed by atoms with Crippen LogP contribution in [0.3, 0.4) is 0 Å². The number of rotatable bonds is 4. The van der Waals surface area contributed by atoms with E-state index in [4.69, 9.17) is 4.74 Å². The summed E-state index contributed by atoms with van der Waals surface area (Å²) in [6.45, 7) is 3.55. The zero-order valence-corrected chi connectivity index (χ0v) is 14.4. The van der Waals surface area contributed by atoms with Gasteiger partial charge in [-0.2, -0.15) is 0 Å². The van der Waals surface area contributed by atoms with Crippen LogP contribution < -0.4 is 5.32 Å². The van der Waals surface area contributed by atoms with Gasteiger partial charge in [-0.05, 0) is 44.2 Å². The third-order valence-electron chi connectivity index (χ3n) is 3.31. The third kappa shape index (κ3) is 3.83. The second-order valence-corrected chi connectivity index (χ2v) is 6.62. The third-order valence-corrected chi connectivity index (χ3v) is 4.24. The monoisotopic (exact) mass is 358 g/mol. The first-order valence-electron chi connectivity index (χ1n) is 7.61. The first kappa shape index (κ1) is 17.0. The molecule has 0 radical (unpaired) electrons. The Bertz CT molecular complexity index is 952. The minimum absolute atomic E-state index is 0.0528. The molecular weight excluding hydrogens is 343 g/mol. The maximum absolute atomic E-state index is 13.7. The van der Waals surface area contributed by atoms with Crippen LogP contribution in [0.15, 0.2) is 42.5 Å².